The molecule has 2 heteroatoms. The third-order valence-electron chi connectivity index (χ3n) is 13.2. The van der Waals surface area contributed by atoms with Crippen molar-refractivity contribution in [3.63, 3.8) is 0 Å². The summed E-state index contributed by atoms with van der Waals surface area (Å²) in [6.07, 6.45) is 12.5. The number of benzene rings is 9. The molecular formula is C67H56N2. The second-order valence-electron chi connectivity index (χ2n) is 18.2. The van der Waals surface area contributed by atoms with Crippen LogP contribution in [-0.2, 0) is 0 Å². The lowest BCUT2D eigenvalue weighted by Gasteiger charge is -2.42. The molecule has 0 aromatic heterocycles. The van der Waals surface area contributed by atoms with Crippen molar-refractivity contribution >= 4 is 57.3 Å². The lowest BCUT2D eigenvalue weighted by Crippen LogP contribution is -2.42. The van der Waals surface area contributed by atoms with E-state index in [1.54, 1.807) is 0 Å². The Morgan fingerprint density at radius 1 is 0.391 bits per heavy atom. The van der Waals surface area contributed by atoms with Gasteiger partial charge in [-0.1, -0.05) is 211 Å². The van der Waals surface area contributed by atoms with Gasteiger partial charge in [0.1, 0.15) is 0 Å². The van der Waals surface area contributed by atoms with Crippen LogP contribution >= 0.6 is 0 Å². The molecule has 0 spiro atoms. The van der Waals surface area contributed by atoms with Gasteiger partial charge in [0.2, 0.25) is 0 Å². The fraction of sp³-hybridized carbons (Fsp3) is 0.0746. The van der Waals surface area contributed by atoms with Crippen LogP contribution in [0.5, 0.6) is 0 Å². The highest BCUT2D eigenvalue weighted by atomic mass is 15.2. The van der Waals surface area contributed by atoms with Crippen molar-refractivity contribution in [1.82, 2.24) is 0 Å². The van der Waals surface area contributed by atoms with E-state index in [2.05, 4.69) is 304 Å². The average molecular weight is 889 g/mol. The van der Waals surface area contributed by atoms with Crippen LogP contribution in [0.3, 0.4) is 0 Å². The Balaban J connectivity index is 0.921. The van der Waals surface area contributed by atoms with Crippen LogP contribution in [0, 0.1) is 13.8 Å². The first-order valence-corrected chi connectivity index (χ1v) is 24.0. The maximum atomic E-state index is 2.49. The normalized spacial score (nSPS) is 14.0. The molecule has 2 nitrogen and oxygen atoms in total. The van der Waals surface area contributed by atoms with E-state index in [-0.39, 0.29) is 5.54 Å². The van der Waals surface area contributed by atoms with Crippen LogP contribution in [0.1, 0.15) is 63.4 Å². The van der Waals surface area contributed by atoms with E-state index in [0.29, 0.717) is 0 Å². The molecule has 1 aliphatic rings. The lowest BCUT2D eigenvalue weighted by molar-refractivity contribution is 0.571. The molecule has 9 aromatic carbocycles. The fourth-order valence-corrected chi connectivity index (χ4v) is 9.39. The molecule has 0 radical (unpaired) electrons. The van der Waals surface area contributed by atoms with Gasteiger partial charge in [0.15, 0.2) is 0 Å². The van der Waals surface area contributed by atoms with Crippen LogP contribution in [-0.4, -0.2) is 5.54 Å². The van der Waals surface area contributed by atoms with Crippen molar-refractivity contribution in [2.75, 3.05) is 9.80 Å². The van der Waals surface area contributed by atoms with Crippen molar-refractivity contribution in [2.24, 2.45) is 0 Å². The van der Waals surface area contributed by atoms with Gasteiger partial charge in [-0.05, 0) is 156 Å². The highest BCUT2D eigenvalue weighted by Gasteiger charge is 2.32. The Hall–Kier alpha value is -8.46. The summed E-state index contributed by atoms with van der Waals surface area (Å²) < 4.78 is 0. The first-order valence-electron chi connectivity index (χ1n) is 24.0. The number of nitrogens with zero attached hydrogens (tertiary/aromatic N) is 2. The monoisotopic (exact) mass is 888 g/mol. The predicted octanol–water partition coefficient (Wildman–Crippen LogP) is 17.9. The fourth-order valence-electron chi connectivity index (χ4n) is 9.39. The van der Waals surface area contributed by atoms with Gasteiger partial charge in [-0.2, -0.15) is 0 Å². The third kappa shape index (κ3) is 10.1. The SMILES string of the molecule is Cc1ccc(N(c2ccc(C=C(c3ccccc3)c3ccccc3)cc2)c2ccc(C3=CCC(C)(N(c4ccc(C)cc4)c4ccc(C=C(c5ccccc5)c5ccccc5)cc4)C=C3)cc2)cc1. The van der Waals surface area contributed by atoms with Gasteiger partial charge >= 0.3 is 0 Å². The summed E-state index contributed by atoms with van der Waals surface area (Å²) in [5, 5.41) is 0. The summed E-state index contributed by atoms with van der Waals surface area (Å²) >= 11 is 0. The van der Waals surface area contributed by atoms with Crippen molar-refractivity contribution < 1.29 is 0 Å². The van der Waals surface area contributed by atoms with E-state index < -0.39 is 0 Å². The maximum Gasteiger partial charge on any atom is 0.0643 e. The van der Waals surface area contributed by atoms with E-state index in [4.69, 9.17) is 0 Å². The molecule has 1 aliphatic carbocycles. The zero-order valence-corrected chi connectivity index (χ0v) is 39.6. The van der Waals surface area contributed by atoms with Crippen molar-refractivity contribution in [3.8, 4) is 0 Å². The van der Waals surface area contributed by atoms with Crippen LogP contribution in [0.4, 0.5) is 28.4 Å². The summed E-state index contributed by atoms with van der Waals surface area (Å²) in [7, 11) is 0. The second-order valence-corrected chi connectivity index (χ2v) is 18.2. The molecule has 69 heavy (non-hydrogen) atoms. The Labute approximate surface area is 408 Å². The number of hydrogen-bond donors (Lipinski definition) is 0. The van der Waals surface area contributed by atoms with E-state index >= 15 is 0 Å². The molecule has 334 valence electrons. The van der Waals surface area contributed by atoms with Crippen LogP contribution in [0.2, 0.25) is 0 Å². The number of hydrogen-bond acceptors (Lipinski definition) is 2. The summed E-state index contributed by atoms with van der Waals surface area (Å²) in [5.41, 5.74) is 19.7. The number of anilines is 5. The average Bonchev–Trinajstić information content (AvgIpc) is 3.41. The Morgan fingerprint density at radius 2 is 0.725 bits per heavy atom. The van der Waals surface area contributed by atoms with Gasteiger partial charge in [-0.3, -0.25) is 0 Å². The van der Waals surface area contributed by atoms with Gasteiger partial charge in [0, 0.05) is 28.4 Å². The summed E-state index contributed by atoms with van der Waals surface area (Å²) in [6.45, 7) is 6.64. The standard InChI is InChI=1S/C67H56N2/c1-50-24-34-60(35-25-50)68(61-38-28-52(29-39-61)48-65(56-16-8-4-9-17-56)57-18-10-5-11-19-57)62-42-32-54(33-43-62)55-44-46-67(3,47-45-55)69(63-36-26-51(2)27-37-63)64-40-30-53(31-41-64)49-66(58-20-12-6-13-21-58)59-22-14-7-15-23-59/h4-46,48-49H,47H2,1-3H3. The number of allylic oxidation sites excluding steroid dienone is 2. The van der Waals surface area contributed by atoms with Crippen molar-refractivity contribution in [1.29, 1.82) is 0 Å². The van der Waals surface area contributed by atoms with E-state index in [0.717, 1.165) is 40.3 Å². The minimum atomic E-state index is -0.304. The van der Waals surface area contributed by atoms with Crippen LogP contribution in [0.25, 0.3) is 28.9 Å². The third-order valence-corrected chi connectivity index (χ3v) is 13.2. The molecule has 0 aliphatic heterocycles. The molecule has 0 amide bonds. The molecule has 10 rings (SSSR count). The molecule has 0 bridgehead atoms. The predicted molar refractivity (Wildman–Crippen MR) is 295 cm³/mol. The molecule has 1 unspecified atom stereocenters. The highest BCUT2D eigenvalue weighted by molar-refractivity contribution is 5.93. The van der Waals surface area contributed by atoms with Crippen molar-refractivity contribution in [3.05, 3.63) is 311 Å². The number of rotatable bonds is 13. The first-order chi connectivity index (χ1) is 33.9. The van der Waals surface area contributed by atoms with E-state index in [9.17, 15) is 0 Å². The smallest absolute Gasteiger partial charge is 0.0643 e. The molecule has 0 saturated heterocycles. The Bertz CT molecular complexity index is 3160. The van der Waals surface area contributed by atoms with Gasteiger partial charge < -0.3 is 9.80 Å². The van der Waals surface area contributed by atoms with Gasteiger partial charge in [-0.15, -0.1) is 0 Å². The molecule has 0 saturated carbocycles. The van der Waals surface area contributed by atoms with E-state index in [1.165, 1.54) is 61.4 Å². The summed E-state index contributed by atoms with van der Waals surface area (Å²) in [5.74, 6) is 0. The molecule has 0 N–H and O–H groups in total. The lowest BCUT2D eigenvalue weighted by atomic mass is 9.85. The van der Waals surface area contributed by atoms with Crippen molar-refractivity contribution in [2.45, 2.75) is 32.7 Å². The Morgan fingerprint density at radius 3 is 1.09 bits per heavy atom. The molecule has 0 fully saturated rings. The van der Waals surface area contributed by atoms with Crippen LogP contribution < -0.4 is 9.80 Å². The Kier molecular flexibility index (Phi) is 13.0. The zero-order valence-electron chi connectivity index (χ0n) is 39.6. The van der Waals surface area contributed by atoms with Gasteiger partial charge in [-0.25, -0.2) is 0 Å². The maximum absolute atomic E-state index is 2.49. The van der Waals surface area contributed by atoms with Gasteiger partial charge in [0.25, 0.3) is 0 Å². The van der Waals surface area contributed by atoms with Gasteiger partial charge in [0.05, 0.1) is 5.54 Å². The second kappa shape index (κ2) is 20.2. The molecule has 1 atom stereocenters. The number of aryl methyl sites for hydroxylation is 2. The quantitative estimate of drug-likeness (QED) is 0.106. The van der Waals surface area contributed by atoms with E-state index in [1.807, 2.05) is 0 Å². The largest absolute Gasteiger partial charge is 0.332 e. The minimum absolute atomic E-state index is 0.304. The summed E-state index contributed by atoms with van der Waals surface area (Å²) in [6, 6.07) is 87.3. The summed E-state index contributed by atoms with van der Waals surface area (Å²) in [4.78, 5) is 4.84. The molecule has 9 aromatic rings. The first kappa shape index (κ1) is 44.4. The topological polar surface area (TPSA) is 6.48 Å². The highest BCUT2D eigenvalue weighted by Crippen LogP contribution is 2.42. The zero-order chi connectivity index (χ0) is 47.0. The molecular weight excluding hydrogens is 833 g/mol. The van der Waals surface area contributed by atoms with Crippen LogP contribution in [0.15, 0.2) is 261 Å². The minimum Gasteiger partial charge on any atom is -0.332 e. The molecule has 0 heterocycles.